The third-order valence-corrected chi connectivity index (χ3v) is 6.76. The quantitative estimate of drug-likeness (QED) is 0.673. The topological polar surface area (TPSA) is 92.5 Å². The maximum absolute atomic E-state index is 13.1. The molecule has 0 saturated carbocycles. The molecule has 8 heteroatoms. The molecule has 0 aliphatic carbocycles. The maximum Gasteiger partial charge on any atom is 0.264 e. The summed E-state index contributed by atoms with van der Waals surface area (Å²) >= 11 is 0. The van der Waals surface area contributed by atoms with Crippen molar-refractivity contribution in [3.05, 3.63) is 71.1 Å². The van der Waals surface area contributed by atoms with Gasteiger partial charge in [-0.05, 0) is 48.7 Å². The molecule has 0 spiro atoms. The van der Waals surface area contributed by atoms with Gasteiger partial charge in [0.15, 0.2) is 5.76 Å². The molecule has 154 valence electrons. The number of nitrogens with zero attached hydrogens (tertiary/aromatic N) is 2. The van der Waals surface area contributed by atoms with E-state index in [-0.39, 0.29) is 10.8 Å². The van der Waals surface area contributed by atoms with Crippen molar-refractivity contribution in [2.24, 2.45) is 0 Å². The van der Waals surface area contributed by atoms with E-state index in [2.05, 4.69) is 10.5 Å². The summed E-state index contributed by atoms with van der Waals surface area (Å²) in [5.41, 5.74) is 3.67. The van der Waals surface area contributed by atoms with Gasteiger partial charge in [-0.2, -0.15) is 0 Å². The number of sulfonamides is 1. The van der Waals surface area contributed by atoms with E-state index in [4.69, 9.17) is 4.52 Å². The molecule has 0 unspecified atom stereocenters. The number of para-hydroxylation sites is 1. The number of amides is 1. The second kappa shape index (κ2) is 7.79. The van der Waals surface area contributed by atoms with Crippen LogP contribution in [0.1, 0.15) is 29.5 Å². The standard InChI is InChI=1S/C22H21N3O4S/c1-15-22(23-16(2)26)21(29-24-15)12-9-17-7-10-19(11-8-17)30(27,28)25-14-13-18-5-3-4-6-20(18)25/h3-12H,13-14H2,1-2H3,(H,23,26)/b12-9-. The fourth-order valence-corrected chi connectivity index (χ4v) is 4.94. The molecule has 2 aromatic carbocycles. The maximum atomic E-state index is 13.1. The predicted octanol–water partition coefficient (Wildman–Crippen LogP) is 3.86. The Kier molecular flexibility index (Phi) is 5.17. The van der Waals surface area contributed by atoms with Gasteiger partial charge in [0.1, 0.15) is 11.4 Å². The molecule has 0 fully saturated rings. The van der Waals surface area contributed by atoms with Gasteiger partial charge in [0.2, 0.25) is 5.91 Å². The zero-order chi connectivity index (χ0) is 21.3. The summed E-state index contributed by atoms with van der Waals surface area (Å²) in [7, 11) is -3.62. The van der Waals surface area contributed by atoms with Crippen molar-refractivity contribution in [3.8, 4) is 0 Å². The van der Waals surface area contributed by atoms with Crippen molar-refractivity contribution < 1.29 is 17.7 Å². The molecule has 0 bridgehead atoms. The number of carbonyl (C=O) groups excluding carboxylic acids is 1. The van der Waals surface area contributed by atoms with Crippen LogP contribution in [0.3, 0.4) is 0 Å². The smallest absolute Gasteiger partial charge is 0.264 e. The molecule has 1 aliphatic rings. The van der Waals surface area contributed by atoms with Crippen LogP contribution in [0, 0.1) is 6.92 Å². The van der Waals surface area contributed by atoms with Gasteiger partial charge in [0.25, 0.3) is 10.0 Å². The first-order chi connectivity index (χ1) is 14.4. The first-order valence-electron chi connectivity index (χ1n) is 9.49. The van der Waals surface area contributed by atoms with Crippen LogP contribution in [0.5, 0.6) is 0 Å². The van der Waals surface area contributed by atoms with Gasteiger partial charge in [-0.3, -0.25) is 9.10 Å². The van der Waals surface area contributed by atoms with E-state index in [9.17, 15) is 13.2 Å². The molecule has 30 heavy (non-hydrogen) atoms. The highest BCUT2D eigenvalue weighted by Gasteiger charge is 2.30. The first kappa shape index (κ1) is 19.9. The summed E-state index contributed by atoms with van der Waals surface area (Å²) in [5.74, 6) is 0.210. The molecule has 0 atom stereocenters. The molecule has 0 saturated heterocycles. The van der Waals surface area contributed by atoms with E-state index in [1.54, 1.807) is 43.3 Å². The van der Waals surface area contributed by atoms with Crippen molar-refractivity contribution in [3.63, 3.8) is 0 Å². The number of hydrogen-bond acceptors (Lipinski definition) is 5. The second-order valence-electron chi connectivity index (χ2n) is 7.05. The van der Waals surface area contributed by atoms with Crippen LogP contribution in [-0.2, 0) is 21.2 Å². The Balaban J connectivity index is 1.55. The van der Waals surface area contributed by atoms with Gasteiger partial charge in [0.05, 0.1) is 10.6 Å². The molecule has 7 nitrogen and oxygen atoms in total. The van der Waals surface area contributed by atoms with Crippen LogP contribution in [0.15, 0.2) is 57.9 Å². The number of nitrogens with one attached hydrogen (secondary N) is 1. The Morgan fingerprint density at radius 2 is 1.87 bits per heavy atom. The lowest BCUT2D eigenvalue weighted by atomic mass is 10.2. The van der Waals surface area contributed by atoms with Crippen molar-refractivity contribution in [2.45, 2.75) is 25.2 Å². The number of carbonyl (C=O) groups is 1. The van der Waals surface area contributed by atoms with E-state index in [1.165, 1.54) is 11.2 Å². The van der Waals surface area contributed by atoms with Crippen LogP contribution < -0.4 is 9.62 Å². The summed E-state index contributed by atoms with van der Waals surface area (Å²) in [6, 6.07) is 14.2. The summed E-state index contributed by atoms with van der Waals surface area (Å²) in [4.78, 5) is 11.6. The Labute approximate surface area is 175 Å². The normalized spacial score (nSPS) is 13.6. The average Bonchev–Trinajstić information content (AvgIpc) is 3.31. The van der Waals surface area contributed by atoms with Crippen molar-refractivity contribution in [1.82, 2.24) is 5.16 Å². The Bertz CT molecular complexity index is 1230. The zero-order valence-corrected chi connectivity index (χ0v) is 17.4. The summed E-state index contributed by atoms with van der Waals surface area (Å²) in [6.45, 7) is 3.60. The third-order valence-electron chi connectivity index (χ3n) is 4.93. The fraction of sp³-hybridized carbons (Fsp3) is 0.182. The number of hydrogen-bond donors (Lipinski definition) is 1. The molecule has 3 aromatic rings. The number of fused-ring (bicyclic) bond motifs is 1. The summed E-state index contributed by atoms with van der Waals surface area (Å²) in [5, 5.41) is 6.56. The van der Waals surface area contributed by atoms with Crippen LogP contribution >= 0.6 is 0 Å². The van der Waals surface area contributed by atoms with Crippen molar-refractivity contribution >= 4 is 39.5 Å². The highest BCUT2D eigenvalue weighted by molar-refractivity contribution is 7.92. The molecule has 0 radical (unpaired) electrons. The van der Waals surface area contributed by atoms with E-state index in [0.29, 0.717) is 30.1 Å². The minimum absolute atomic E-state index is 0.214. The van der Waals surface area contributed by atoms with E-state index in [1.807, 2.05) is 24.3 Å². The first-order valence-corrected chi connectivity index (χ1v) is 10.9. The average molecular weight is 423 g/mol. The Morgan fingerprint density at radius 3 is 2.60 bits per heavy atom. The lowest BCUT2D eigenvalue weighted by molar-refractivity contribution is -0.114. The van der Waals surface area contributed by atoms with Crippen LogP contribution in [0.25, 0.3) is 12.2 Å². The Morgan fingerprint density at radius 1 is 1.13 bits per heavy atom. The van der Waals surface area contributed by atoms with Gasteiger partial charge >= 0.3 is 0 Å². The molecule has 1 aliphatic heterocycles. The lowest BCUT2D eigenvalue weighted by Gasteiger charge is -2.19. The lowest BCUT2D eigenvalue weighted by Crippen LogP contribution is -2.29. The number of aryl methyl sites for hydroxylation is 1. The molecular formula is C22H21N3O4S. The van der Waals surface area contributed by atoms with Gasteiger partial charge in [0, 0.05) is 13.5 Å². The third kappa shape index (κ3) is 3.73. The van der Waals surface area contributed by atoms with E-state index in [0.717, 1.165) is 16.8 Å². The zero-order valence-electron chi connectivity index (χ0n) is 16.6. The predicted molar refractivity (Wildman–Crippen MR) is 116 cm³/mol. The van der Waals surface area contributed by atoms with E-state index < -0.39 is 10.0 Å². The SMILES string of the molecule is CC(=O)Nc1c(C)noc1/C=C\c1ccc(S(=O)(=O)N2CCc3ccccc32)cc1. The minimum Gasteiger partial charge on any atom is -0.354 e. The van der Waals surface area contributed by atoms with Crippen LogP contribution in [0.2, 0.25) is 0 Å². The molecule has 2 heterocycles. The number of aromatic nitrogens is 1. The van der Waals surface area contributed by atoms with Gasteiger partial charge in [-0.15, -0.1) is 0 Å². The second-order valence-corrected chi connectivity index (χ2v) is 8.91. The van der Waals surface area contributed by atoms with E-state index >= 15 is 0 Å². The highest BCUT2D eigenvalue weighted by Crippen LogP contribution is 2.32. The molecule has 1 aromatic heterocycles. The summed E-state index contributed by atoms with van der Waals surface area (Å²) < 4.78 is 32.9. The molecule has 1 N–H and O–H groups in total. The summed E-state index contributed by atoms with van der Waals surface area (Å²) in [6.07, 6.45) is 4.17. The largest absolute Gasteiger partial charge is 0.354 e. The van der Waals surface area contributed by atoms with Crippen molar-refractivity contribution in [1.29, 1.82) is 0 Å². The van der Waals surface area contributed by atoms with Gasteiger partial charge in [-0.1, -0.05) is 41.6 Å². The Hall–Kier alpha value is -3.39. The van der Waals surface area contributed by atoms with Gasteiger partial charge < -0.3 is 9.84 Å². The molecular weight excluding hydrogens is 402 g/mol. The molecule has 4 rings (SSSR count). The minimum atomic E-state index is -3.62. The number of anilines is 2. The molecule has 1 amide bonds. The van der Waals surface area contributed by atoms with Crippen LogP contribution in [-0.4, -0.2) is 26.0 Å². The van der Waals surface area contributed by atoms with Crippen molar-refractivity contribution in [2.75, 3.05) is 16.2 Å². The van der Waals surface area contributed by atoms with Crippen LogP contribution in [0.4, 0.5) is 11.4 Å². The fourth-order valence-electron chi connectivity index (χ4n) is 3.44. The number of rotatable bonds is 5. The monoisotopic (exact) mass is 423 g/mol. The highest BCUT2D eigenvalue weighted by atomic mass is 32.2. The van der Waals surface area contributed by atoms with Gasteiger partial charge in [-0.25, -0.2) is 8.42 Å². The number of benzene rings is 2.